The van der Waals surface area contributed by atoms with Gasteiger partial charge in [0.25, 0.3) is 5.91 Å². The molecule has 2 amide bonds. The summed E-state index contributed by atoms with van der Waals surface area (Å²) in [6, 6.07) is -0.224. The zero-order valence-electron chi connectivity index (χ0n) is 14.5. The van der Waals surface area contributed by atoms with Gasteiger partial charge in [-0.3, -0.25) is 4.79 Å². The number of aliphatic hydroxyl groups is 1. The molecule has 4 atom stereocenters. The second-order valence-corrected chi connectivity index (χ2v) is 6.65. The number of hydrogen-bond donors (Lipinski definition) is 1. The Morgan fingerprint density at radius 2 is 2.00 bits per heavy atom. The normalized spacial score (nSPS) is 23.5. The van der Waals surface area contributed by atoms with Gasteiger partial charge >= 0.3 is 6.09 Å². The Kier molecular flexibility index (Phi) is 6.60. The standard InChI is InChI=1S/C17H29NO4/c1-7-11(4)15(19)12(5)8-13(6)16(20)18-14(10(2)3)9-22-17(18)21/h8,10-12,14-15,19H,7,9H2,1-6H3/b13-8+/t11-,12-,14+,15+/m0/s1. The highest BCUT2D eigenvalue weighted by molar-refractivity contribution is 6.03. The molecule has 0 unspecified atom stereocenters. The van der Waals surface area contributed by atoms with Gasteiger partial charge in [-0.15, -0.1) is 0 Å². The molecule has 1 heterocycles. The zero-order chi connectivity index (χ0) is 17.0. The third kappa shape index (κ3) is 4.09. The molecule has 1 rings (SSSR count). The first-order valence-corrected chi connectivity index (χ1v) is 8.07. The van der Waals surface area contributed by atoms with Crippen LogP contribution in [-0.2, 0) is 9.53 Å². The number of hydrogen-bond acceptors (Lipinski definition) is 4. The van der Waals surface area contributed by atoms with E-state index in [1.807, 2.05) is 34.6 Å². The lowest BCUT2D eigenvalue weighted by Gasteiger charge is -2.25. The van der Waals surface area contributed by atoms with E-state index in [0.29, 0.717) is 5.57 Å². The van der Waals surface area contributed by atoms with Crippen molar-refractivity contribution in [2.45, 2.75) is 60.1 Å². The molecule has 0 radical (unpaired) electrons. The molecule has 0 bridgehead atoms. The van der Waals surface area contributed by atoms with Crippen molar-refractivity contribution < 1.29 is 19.4 Å². The van der Waals surface area contributed by atoms with E-state index >= 15 is 0 Å². The maximum Gasteiger partial charge on any atom is 0.417 e. The number of carbonyl (C=O) groups is 2. The average Bonchev–Trinajstić information content (AvgIpc) is 2.86. The van der Waals surface area contributed by atoms with Crippen LogP contribution in [0.2, 0.25) is 0 Å². The van der Waals surface area contributed by atoms with Gasteiger partial charge in [-0.2, -0.15) is 0 Å². The molecule has 0 saturated carbocycles. The van der Waals surface area contributed by atoms with E-state index in [1.54, 1.807) is 13.0 Å². The zero-order valence-corrected chi connectivity index (χ0v) is 14.5. The van der Waals surface area contributed by atoms with Crippen molar-refractivity contribution in [3.63, 3.8) is 0 Å². The molecular formula is C17H29NO4. The first-order valence-electron chi connectivity index (χ1n) is 8.07. The third-order valence-corrected chi connectivity index (χ3v) is 4.51. The van der Waals surface area contributed by atoms with E-state index < -0.39 is 12.2 Å². The largest absolute Gasteiger partial charge is 0.447 e. The van der Waals surface area contributed by atoms with Crippen LogP contribution in [0.1, 0.15) is 48.0 Å². The highest BCUT2D eigenvalue weighted by atomic mass is 16.6. The smallest absolute Gasteiger partial charge is 0.417 e. The lowest BCUT2D eigenvalue weighted by molar-refractivity contribution is -0.125. The summed E-state index contributed by atoms with van der Waals surface area (Å²) in [7, 11) is 0. The second kappa shape index (κ2) is 7.77. The minimum atomic E-state index is -0.577. The number of carbonyl (C=O) groups excluding carboxylic acids is 2. The summed E-state index contributed by atoms with van der Waals surface area (Å²) >= 11 is 0. The SMILES string of the molecule is CC[C@H](C)[C@@H](O)[C@@H](C)/C=C(\C)C(=O)N1C(=O)OC[C@@H]1C(C)C. The summed E-state index contributed by atoms with van der Waals surface area (Å²) in [4.78, 5) is 25.6. The van der Waals surface area contributed by atoms with E-state index in [-0.39, 0.29) is 36.3 Å². The molecule has 1 fully saturated rings. The molecular weight excluding hydrogens is 282 g/mol. The number of imide groups is 1. The van der Waals surface area contributed by atoms with Crippen LogP contribution in [0.5, 0.6) is 0 Å². The molecule has 1 saturated heterocycles. The molecule has 5 nitrogen and oxygen atoms in total. The number of nitrogens with zero attached hydrogens (tertiary/aromatic N) is 1. The summed E-state index contributed by atoms with van der Waals surface area (Å²) in [6.45, 7) is 11.7. The van der Waals surface area contributed by atoms with Crippen molar-refractivity contribution in [2.75, 3.05) is 6.61 Å². The van der Waals surface area contributed by atoms with E-state index in [2.05, 4.69) is 0 Å². The number of cyclic esters (lactones) is 1. The molecule has 1 aliphatic heterocycles. The predicted octanol–water partition coefficient (Wildman–Crippen LogP) is 2.98. The summed E-state index contributed by atoms with van der Waals surface area (Å²) in [5.41, 5.74) is 0.472. The molecule has 0 aromatic rings. The predicted molar refractivity (Wildman–Crippen MR) is 85.2 cm³/mol. The van der Waals surface area contributed by atoms with Gasteiger partial charge in [0, 0.05) is 11.5 Å². The van der Waals surface area contributed by atoms with E-state index in [9.17, 15) is 14.7 Å². The highest BCUT2D eigenvalue weighted by Gasteiger charge is 2.40. The van der Waals surface area contributed by atoms with Crippen LogP contribution in [-0.4, -0.2) is 40.8 Å². The topological polar surface area (TPSA) is 66.8 Å². The van der Waals surface area contributed by atoms with Gasteiger partial charge in [-0.25, -0.2) is 9.69 Å². The monoisotopic (exact) mass is 311 g/mol. The number of amides is 2. The lowest BCUT2D eigenvalue weighted by Crippen LogP contribution is -2.42. The summed E-state index contributed by atoms with van der Waals surface area (Å²) in [6.07, 6.45) is 1.55. The second-order valence-electron chi connectivity index (χ2n) is 6.65. The van der Waals surface area contributed by atoms with Gasteiger partial charge in [0.2, 0.25) is 0 Å². The van der Waals surface area contributed by atoms with E-state index in [0.717, 1.165) is 6.42 Å². The Hall–Kier alpha value is -1.36. The van der Waals surface area contributed by atoms with E-state index in [1.165, 1.54) is 4.90 Å². The van der Waals surface area contributed by atoms with Crippen LogP contribution >= 0.6 is 0 Å². The van der Waals surface area contributed by atoms with Crippen LogP contribution < -0.4 is 0 Å². The molecule has 0 aromatic carbocycles. The van der Waals surface area contributed by atoms with Gasteiger partial charge in [0.15, 0.2) is 0 Å². The Labute approximate surface area is 133 Å². The molecule has 0 aromatic heterocycles. The Morgan fingerprint density at radius 1 is 1.41 bits per heavy atom. The fourth-order valence-electron chi connectivity index (χ4n) is 2.67. The number of ether oxygens (including phenoxy) is 1. The van der Waals surface area contributed by atoms with Crippen LogP contribution in [0.3, 0.4) is 0 Å². The molecule has 0 aliphatic carbocycles. The van der Waals surface area contributed by atoms with Gasteiger partial charge in [-0.1, -0.05) is 47.1 Å². The van der Waals surface area contributed by atoms with Crippen LogP contribution in [0, 0.1) is 17.8 Å². The Bertz CT molecular complexity index is 444. The first kappa shape index (κ1) is 18.7. The molecule has 22 heavy (non-hydrogen) atoms. The molecule has 0 spiro atoms. The van der Waals surface area contributed by atoms with Gasteiger partial charge < -0.3 is 9.84 Å². The van der Waals surface area contributed by atoms with Crippen molar-refractivity contribution in [1.82, 2.24) is 4.90 Å². The minimum Gasteiger partial charge on any atom is -0.447 e. The number of rotatable bonds is 6. The fourth-order valence-corrected chi connectivity index (χ4v) is 2.67. The van der Waals surface area contributed by atoms with Crippen molar-refractivity contribution in [3.05, 3.63) is 11.6 Å². The lowest BCUT2D eigenvalue weighted by atomic mass is 9.90. The molecule has 5 heteroatoms. The summed E-state index contributed by atoms with van der Waals surface area (Å²) in [5.74, 6) is -0.167. The summed E-state index contributed by atoms with van der Waals surface area (Å²) < 4.78 is 5.01. The average molecular weight is 311 g/mol. The minimum absolute atomic E-state index is 0.143. The maximum absolute atomic E-state index is 12.5. The number of aliphatic hydroxyl groups excluding tert-OH is 1. The molecule has 126 valence electrons. The van der Waals surface area contributed by atoms with Crippen molar-refractivity contribution in [2.24, 2.45) is 17.8 Å². The van der Waals surface area contributed by atoms with Crippen molar-refractivity contribution in [1.29, 1.82) is 0 Å². The van der Waals surface area contributed by atoms with Gasteiger partial charge in [0.1, 0.15) is 6.61 Å². The third-order valence-electron chi connectivity index (χ3n) is 4.51. The highest BCUT2D eigenvalue weighted by Crippen LogP contribution is 2.23. The Balaban J connectivity index is 2.87. The molecule has 1 aliphatic rings. The van der Waals surface area contributed by atoms with Crippen LogP contribution in [0.4, 0.5) is 4.79 Å². The maximum atomic E-state index is 12.5. The van der Waals surface area contributed by atoms with Gasteiger partial charge in [-0.05, 0) is 18.8 Å². The quantitative estimate of drug-likeness (QED) is 0.766. The van der Waals surface area contributed by atoms with E-state index in [4.69, 9.17) is 4.74 Å². The summed E-state index contributed by atoms with van der Waals surface area (Å²) in [5, 5.41) is 10.2. The van der Waals surface area contributed by atoms with Crippen molar-refractivity contribution in [3.8, 4) is 0 Å². The van der Waals surface area contributed by atoms with Crippen molar-refractivity contribution >= 4 is 12.0 Å². The Morgan fingerprint density at radius 3 is 2.50 bits per heavy atom. The van der Waals surface area contributed by atoms with Crippen LogP contribution in [0.15, 0.2) is 11.6 Å². The van der Waals surface area contributed by atoms with Crippen LogP contribution in [0.25, 0.3) is 0 Å². The van der Waals surface area contributed by atoms with Gasteiger partial charge in [0.05, 0.1) is 12.1 Å². The molecule has 1 N–H and O–H groups in total. The fraction of sp³-hybridized carbons (Fsp3) is 0.765. The first-order chi connectivity index (χ1) is 10.2.